The number of aryl methyl sites for hydroxylation is 1. The molecule has 20 heavy (non-hydrogen) atoms. The van der Waals surface area contributed by atoms with E-state index < -0.39 is 9.84 Å². The van der Waals surface area contributed by atoms with Crippen LogP contribution in [0.1, 0.15) is 16.2 Å². The van der Waals surface area contributed by atoms with E-state index in [1.54, 1.807) is 18.4 Å². The zero-order valence-electron chi connectivity index (χ0n) is 11.8. The molecule has 0 aliphatic carbocycles. The molecule has 1 aromatic heterocycles. The molecule has 7 heteroatoms. The van der Waals surface area contributed by atoms with Gasteiger partial charge in [0.25, 0.3) is 0 Å². The van der Waals surface area contributed by atoms with Crippen molar-refractivity contribution in [2.24, 2.45) is 10.9 Å². The monoisotopic (exact) mass is 315 g/mol. The zero-order chi connectivity index (χ0) is 14.6. The lowest BCUT2D eigenvalue weighted by Gasteiger charge is -2.14. The highest BCUT2D eigenvalue weighted by Crippen LogP contribution is 2.17. The molecule has 1 aliphatic heterocycles. The standard InChI is InChI=1S/C13H21N3O2S2/c1-10-3-4-12(19-10)8-16-13(14-2)15-7-11-5-6-20(17,18)9-11/h3-4,11H,5-9H2,1-2H3,(H2,14,15,16). The van der Waals surface area contributed by atoms with Gasteiger partial charge < -0.3 is 10.6 Å². The molecule has 1 unspecified atom stereocenters. The van der Waals surface area contributed by atoms with Crippen LogP contribution in [0.5, 0.6) is 0 Å². The fourth-order valence-electron chi connectivity index (χ4n) is 2.25. The average Bonchev–Trinajstić information content (AvgIpc) is 2.95. The molecule has 1 atom stereocenters. The van der Waals surface area contributed by atoms with Crippen LogP contribution in [0.3, 0.4) is 0 Å². The Kier molecular flexibility index (Phi) is 5.04. The summed E-state index contributed by atoms with van der Waals surface area (Å²) in [6.45, 7) is 3.48. The predicted molar refractivity (Wildman–Crippen MR) is 84.0 cm³/mol. The first-order valence-corrected chi connectivity index (χ1v) is 9.32. The number of nitrogens with one attached hydrogen (secondary N) is 2. The van der Waals surface area contributed by atoms with Crippen molar-refractivity contribution in [1.82, 2.24) is 10.6 Å². The molecule has 0 saturated carbocycles. The van der Waals surface area contributed by atoms with Gasteiger partial charge in [-0.1, -0.05) is 0 Å². The quantitative estimate of drug-likeness (QED) is 0.646. The maximum absolute atomic E-state index is 11.4. The molecule has 1 aromatic rings. The average molecular weight is 315 g/mol. The van der Waals surface area contributed by atoms with Crippen molar-refractivity contribution in [3.63, 3.8) is 0 Å². The molecule has 2 N–H and O–H groups in total. The number of hydrogen-bond donors (Lipinski definition) is 2. The summed E-state index contributed by atoms with van der Waals surface area (Å²) >= 11 is 1.76. The van der Waals surface area contributed by atoms with Crippen molar-refractivity contribution in [2.75, 3.05) is 25.1 Å². The fourth-order valence-corrected chi connectivity index (χ4v) is 4.94. The van der Waals surface area contributed by atoms with Gasteiger partial charge in [0.15, 0.2) is 15.8 Å². The molecule has 2 heterocycles. The third-order valence-corrected chi connectivity index (χ3v) is 6.17. The molecule has 1 aliphatic rings. The third-order valence-electron chi connectivity index (χ3n) is 3.33. The highest BCUT2D eigenvalue weighted by atomic mass is 32.2. The second-order valence-corrected chi connectivity index (χ2v) is 8.69. The van der Waals surface area contributed by atoms with E-state index in [1.807, 2.05) is 0 Å². The largest absolute Gasteiger partial charge is 0.356 e. The Bertz CT molecular complexity index is 578. The molecule has 112 valence electrons. The molecule has 0 radical (unpaired) electrons. The summed E-state index contributed by atoms with van der Waals surface area (Å²) < 4.78 is 22.8. The number of hydrogen-bond acceptors (Lipinski definition) is 4. The minimum atomic E-state index is -2.80. The second kappa shape index (κ2) is 6.58. The van der Waals surface area contributed by atoms with Crippen LogP contribution in [0.15, 0.2) is 17.1 Å². The van der Waals surface area contributed by atoms with Crippen LogP contribution in [0, 0.1) is 12.8 Å². The van der Waals surface area contributed by atoms with Crippen LogP contribution < -0.4 is 10.6 Å². The minimum Gasteiger partial charge on any atom is -0.356 e. The van der Waals surface area contributed by atoms with Crippen LogP contribution in [0.2, 0.25) is 0 Å². The molecule has 0 amide bonds. The van der Waals surface area contributed by atoms with Gasteiger partial charge in [-0.05, 0) is 31.4 Å². The number of aliphatic imine (C=N–C) groups is 1. The van der Waals surface area contributed by atoms with Crippen LogP contribution in [-0.4, -0.2) is 39.5 Å². The molecule has 1 saturated heterocycles. The Balaban J connectivity index is 1.76. The van der Waals surface area contributed by atoms with Gasteiger partial charge >= 0.3 is 0 Å². The molecular formula is C13H21N3O2S2. The second-order valence-electron chi connectivity index (χ2n) is 5.09. The van der Waals surface area contributed by atoms with E-state index in [2.05, 4.69) is 34.7 Å². The predicted octanol–water partition coefficient (Wildman–Crippen LogP) is 1.16. The first-order valence-electron chi connectivity index (χ1n) is 6.69. The summed E-state index contributed by atoms with van der Waals surface area (Å²) in [5.41, 5.74) is 0. The maximum Gasteiger partial charge on any atom is 0.191 e. The highest BCUT2D eigenvalue weighted by Gasteiger charge is 2.27. The summed E-state index contributed by atoms with van der Waals surface area (Å²) in [5.74, 6) is 1.53. The minimum absolute atomic E-state index is 0.197. The molecule has 0 bridgehead atoms. The highest BCUT2D eigenvalue weighted by molar-refractivity contribution is 7.91. The van der Waals surface area contributed by atoms with E-state index in [1.165, 1.54) is 9.75 Å². The van der Waals surface area contributed by atoms with Gasteiger partial charge in [-0.2, -0.15) is 0 Å². The van der Waals surface area contributed by atoms with E-state index in [9.17, 15) is 8.42 Å². The Morgan fingerprint density at radius 2 is 2.25 bits per heavy atom. The van der Waals surface area contributed by atoms with E-state index >= 15 is 0 Å². The molecule has 1 fully saturated rings. The van der Waals surface area contributed by atoms with Gasteiger partial charge in [0, 0.05) is 23.3 Å². The van der Waals surface area contributed by atoms with Crippen molar-refractivity contribution in [3.8, 4) is 0 Å². The molecule has 5 nitrogen and oxygen atoms in total. The van der Waals surface area contributed by atoms with Gasteiger partial charge in [0.05, 0.1) is 18.1 Å². The van der Waals surface area contributed by atoms with Crippen molar-refractivity contribution < 1.29 is 8.42 Å². The fraction of sp³-hybridized carbons (Fsp3) is 0.615. The number of guanidine groups is 1. The number of nitrogens with zero attached hydrogens (tertiary/aromatic N) is 1. The Morgan fingerprint density at radius 3 is 2.80 bits per heavy atom. The van der Waals surface area contributed by atoms with E-state index in [-0.39, 0.29) is 5.92 Å². The summed E-state index contributed by atoms with van der Waals surface area (Å²) in [5, 5.41) is 6.45. The first kappa shape index (κ1) is 15.3. The molecule has 0 spiro atoms. The lowest BCUT2D eigenvalue weighted by Crippen LogP contribution is -2.39. The normalized spacial score (nSPS) is 21.9. The maximum atomic E-state index is 11.4. The van der Waals surface area contributed by atoms with Crippen LogP contribution in [0.4, 0.5) is 0 Å². The Hall–Kier alpha value is -1.08. The van der Waals surface area contributed by atoms with E-state index in [4.69, 9.17) is 0 Å². The van der Waals surface area contributed by atoms with Crippen molar-refractivity contribution in [1.29, 1.82) is 0 Å². The van der Waals surface area contributed by atoms with Gasteiger partial charge in [0.2, 0.25) is 0 Å². The number of thiophene rings is 1. The third kappa shape index (κ3) is 4.49. The summed E-state index contributed by atoms with van der Waals surface area (Å²) in [6, 6.07) is 4.20. The van der Waals surface area contributed by atoms with Crippen molar-refractivity contribution >= 4 is 27.1 Å². The van der Waals surface area contributed by atoms with Crippen LogP contribution in [-0.2, 0) is 16.4 Å². The van der Waals surface area contributed by atoms with E-state index in [0.29, 0.717) is 18.1 Å². The molecular weight excluding hydrogens is 294 g/mol. The van der Waals surface area contributed by atoms with Gasteiger partial charge in [-0.25, -0.2) is 8.42 Å². The van der Waals surface area contributed by atoms with E-state index in [0.717, 1.165) is 18.9 Å². The summed E-state index contributed by atoms with van der Waals surface area (Å²) in [7, 11) is -1.08. The van der Waals surface area contributed by atoms with Crippen LogP contribution >= 0.6 is 11.3 Å². The molecule has 0 aromatic carbocycles. The first-order chi connectivity index (χ1) is 9.48. The lowest BCUT2D eigenvalue weighted by molar-refractivity contribution is 0.567. The summed E-state index contributed by atoms with van der Waals surface area (Å²) in [6.07, 6.45) is 0.746. The smallest absolute Gasteiger partial charge is 0.191 e. The van der Waals surface area contributed by atoms with Gasteiger partial charge in [0.1, 0.15) is 0 Å². The Morgan fingerprint density at radius 1 is 1.45 bits per heavy atom. The topological polar surface area (TPSA) is 70.6 Å². The van der Waals surface area contributed by atoms with Gasteiger partial charge in [-0.3, -0.25) is 4.99 Å². The SMILES string of the molecule is CN=C(NCc1ccc(C)s1)NCC1CCS(=O)(=O)C1. The van der Waals surface area contributed by atoms with Crippen molar-refractivity contribution in [3.05, 3.63) is 21.9 Å². The van der Waals surface area contributed by atoms with Crippen LogP contribution in [0.25, 0.3) is 0 Å². The number of sulfone groups is 1. The van der Waals surface area contributed by atoms with Crippen molar-refractivity contribution in [2.45, 2.75) is 19.9 Å². The number of rotatable bonds is 4. The lowest BCUT2D eigenvalue weighted by atomic mass is 10.1. The van der Waals surface area contributed by atoms with Gasteiger partial charge in [-0.15, -0.1) is 11.3 Å². The Labute approximate surface area is 124 Å². The summed E-state index contributed by atoms with van der Waals surface area (Å²) in [4.78, 5) is 6.71. The molecule has 2 rings (SSSR count). The zero-order valence-corrected chi connectivity index (χ0v) is 13.5.